The van der Waals surface area contributed by atoms with Gasteiger partial charge in [0.2, 0.25) is 5.91 Å². The van der Waals surface area contributed by atoms with Gasteiger partial charge in [-0.15, -0.1) is 0 Å². The number of nitrogens with two attached hydrogens (primary N) is 1. The molecule has 3 N–H and O–H groups in total. The lowest BCUT2D eigenvalue weighted by molar-refractivity contribution is -0.121. The van der Waals surface area contributed by atoms with Crippen molar-refractivity contribution in [2.75, 3.05) is 13.7 Å². The van der Waals surface area contributed by atoms with Gasteiger partial charge in [-0.1, -0.05) is 19.1 Å². The maximum atomic E-state index is 11.3. The number of thiocarbonyl (C=S) groups is 1. The Kier molecular flexibility index (Phi) is 7.32. The second kappa shape index (κ2) is 7.70. The third kappa shape index (κ3) is 5.88. The average Bonchev–Trinajstić information content (AvgIpc) is 2.14. The standard InChI is InChI=1S/C9H18N2O2S/c1-3-7(9(10)14)11-8(12)5-4-6-13-2/h7H,3-6H2,1-2H3,(H2,10,14)(H,11,12). The Morgan fingerprint density at radius 1 is 1.64 bits per heavy atom. The largest absolute Gasteiger partial charge is 0.392 e. The Morgan fingerprint density at radius 2 is 2.29 bits per heavy atom. The number of carbonyl (C=O) groups is 1. The molecule has 1 atom stereocenters. The summed E-state index contributed by atoms with van der Waals surface area (Å²) >= 11 is 4.81. The van der Waals surface area contributed by atoms with Crippen LogP contribution in [0.1, 0.15) is 26.2 Å². The molecule has 0 aliphatic carbocycles. The van der Waals surface area contributed by atoms with E-state index in [2.05, 4.69) is 5.32 Å². The van der Waals surface area contributed by atoms with Gasteiger partial charge >= 0.3 is 0 Å². The van der Waals surface area contributed by atoms with Crippen LogP contribution in [-0.2, 0) is 9.53 Å². The van der Waals surface area contributed by atoms with Crippen LogP contribution in [0.25, 0.3) is 0 Å². The van der Waals surface area contributed by atoms with Gasteiger partial charge in [-0.05, 0) is 12.8 Å². The summed E-state index contributed by atoms with van der Waals surface area (Å²) in [6.45, 7) is 2.52. The fourth-order valence-electron chi connectivity index (χ4n) is 1.02. The summed E-state index contributed by atoms with van der Waals surface area (Å²) in [6.07, 6.45) is 1.90. The number of hydrogen-bond donors (Lipinski definition) is 2. The van der Waals surface area contributed by atoms with E-state index >= 15 is 0 Å². The van der Waals surface area contributed by atoms with E-state index in [0.717, 1.165) is 12.8 Å². The van der Waals surface area contributed by atoms with E-state index in [1.807, 2.05) is 6.92 Å². The molecular formula is C9H18N2O2S. The molecule has 5 heteroatoms. The Hall–Kier alpha value is -0.680. The third-order valence-electron chi connectivity index (χ3n) is 1.84. The van der Waals surface area contributed by atoms with E-state index in [1.165, 1.54) is 0 Å². The molecule has 0 aromatic carbocycles. The molecule has 1 unspecified atom stereocenters. The van der Waals surface area contributed by atoms with Gasteiger partial charge in [-0.25, -0.2) is 0 Å². The number of hydrogen-bond acceptors (Lipinski definition) is 3. The molecule has 0 spiro atoms. The molecule has 0 radical (unpaired) electrons. The Labute approximate surface area is 90.2 Å². The first kappa shape index (κ1) is 13.3. The average molecular weight is 218 g/mol. The fourth-order valence-corrected chi connectivity index (χ4v) is 1.24. The number of ether oxygens (including phenoxy) is 1. The van der Waals surface area contributed by atoms with Crippen molar-refractivity contribution < 1.29 is 9.53 Å². The summed E-state index contributed by atoms with van der Waals surface area (Å²) in [6, 6.07) is -0.181. The van der Waals surface area contributed by atoms with Crippen LogP contribution in [0.4, 0.5) is 0 Å². The minimum absolute atomic E-state index is 0.0262. The number of carbonyl (C=O) groups excluding carboxylic acids is 1. The van der Waals surface area contributed by atoms with E-state index < -0.39 is 0 Å². The summed E-state index contributed by atoms with van der Waals surface area (Å²) in [5, 5.41) is 2.76. The van der Waals surface area contributed by atoms with Crippen molar-refractivity contribution in [2.45, 2.75) is 32.2 Å². The van der Waals surface area contributed by atoms with E-state index in [0.29, 0.717) is 18.0 Å². The molecule has 0 rings (SSSR count). The van der Waals surface area contributed by atoms with Crippen LogP contribution >= 0.6 is 12.2 Å². The quantitative estimate of drug-likeness (QED) is 0.485. The molecule has 4 nitrogen and oxygen atoms in total. The number of amides is 1. The van der Waals surface area contributed by atoms with Crippen molar-refractivity contribution in [3.8, 4) is 0 Å². The Morgan fingerprint density at radius 3 is 2.71 bits per heavy atom. The fraction of sp³-hybridized carbons (Fsp3) is 0.778. The SMILES string of the molecule is CCC(NC(=O)CCCOC)C(N)=S. The van der Waals surface area contributed by atoms with E-state index in [9.17, 15) is 4.79 Å². The van der Waals surface area contributed by atoms with Crippen LogP contribution in [0.5, 0.6) is 0 Å². The van der Waals surface area contributed by atoms with E-state index in [1.54, 1.807) is 7.11 Å². The zero-order chi connectivity index (χ0) is 11.0. The lowest BCUT2D eigenvalue weighted by Crippen LogP contribution is -2.42. The van der Waals surface area contributed by atoms with Gasteiger partial charge in [0.1, 0.15) is 0 Å². The molecule has 1 amide bonds. The van der Waals surface area contributed by atoms with Crippen molar-refractivity contribution in [3.05, 3.63) is 0 Å². The maximum absolute atomic E-state index is 11.3. The highest BCUT2D eigenvalue weighted by Gasteiger charge is 2.11. The summed E-state index contributed by atoms with van der Waals surface area (Å²) in [5.74, 6) is -0.0262. The third-order valence-corrected chi connectivity index (χ3v) is 2.12. The highest BCUT2D eigenvalue weighted by atomic mass is 32.1. The molecule has 0 heterocycles. The van der Waals surface area contributed by atoms with Gasteiger partial charge in [-0.2, -0.15) is 0 Å². The van der Waals surface area contributed by atoms with Crippen LogP contribution in [0.2, 0.25) is 0 Å². The van der Waals surface area contributed by atoms with Crippen LogP contribution in [0, 0.1) is 0 Å². The van der Waals surface area contributed by atoms with Crippen LogP contribution in [-0.4, -0.2) is 30.7 Å². The van der Waals surface area contributed by atoms with Crippen molar-refractivity contribution in [1.82, 2.24) is 5.32 Å². The molecule has 14 heavy (non-hydrogen) atoms. The van der Waals surface area contributed by atoms with Crippen molar-refractivity contribution >= 4 is 23.1 Å². The van der Waals surface area contributed by atoms with Gasteiger partial charge in [0.05, 0.1) is 11.0 Å². The summed E-state index contributed by atoms with van der Waals surface area (Å²) in [5.41, 5.74) is 5.44. The smallest absolute Gasteiger partial charge is 0.220 e. The predicted molar refractivity (Wildman–Crippen MR) is 60.1 cm³/mol. The molecule has 0 aromatic heterocycles. The Bertz CT molecular complexity index is 197. The minimum atomic E-state index is -0.181. The monoisotopic (exact) mass is 218 g/mol. The molecule has 0 aromatic rings. The first-order valence-electron chi connectivity index (χ1n) is 4.69. The molecule has 0 fully saturated rings. The molecule has 0 aliphatic heterocycles. The van der Waals surface area contributed by atoms with Crippen LogP contribution < -0.4 is 11.1 Å². The van der Waals surface area contributed by atoms with Gasteiger partial charge in [-0.3, -0.25) is 4.79 Å². The molecule has 82 valence electrons. The summed E-state index contributed by atoms with van der Waals surface area (Å²) < 4.78 is 4.84. The molecule has 0 saturated carbocycles. The second-order valence-electron chi connectivity index (χ2n) is 3.03. The van der Waals surface area contributed by atoms with Gasteiger partial charge in [0.15, 0.2) is 0 Å². The summed E-state index contributed by atoms with van der Waals surface area (Å²) in [7, 11) is 1.61. The first-order valence-corrected chi connectivity index (χ1v) is 5.10. The normalized spacial score (nSPS) is 12.1. The van der Waals surface area contributed by atoms with Crippen LogP contribution in [0.15, 0.2) is 0 Å². The van der Waals surface area contributed by atoms with Crippen molar-refractivity contribution in [3.63, 3.8) is 0 Å². The number of nitrogens with one attached hydrogen (secondary N) is 1. The lowest BCUT2D eigenvalue weighted by atomic mass is 10.2. The topological polar surface area (TPSA) is 64.3 Å². The van der Waals surface area contributed by atoms with Gasteiger partial charge in [0.25, 0.3) is 0 Å². The lowest BCUT2D eigenvalue weighted by Gasteiger charge is -2.14. The van der Waals surface area contributed by atoms with Gasteiger partial charge < -0.3 is 15.8 Å². The minimum Gasteiger partial charge on any atom is -0.392 e. The zero-order valence-corrected chi connectivity index (χ0v) is 9.52. The zero-order valence-electron chi connectivity index (χ0n) is 8.71. The maximum Gasteiger partial charge on any atom is 0.220 e. The second-order valence-corrected chi connectivity index (χ2v) is 3.50. The molecular weight excluding hydrogens is 200 g/mol. The highest BCUT2D eigenvalue weighted by Crippen LogP contribution is 1.95. The van der Waals surface area contributed by atoms with Crippen LogP contribution in [0.3, 0.4) is 0 Å². The van der Waals surface area contributed by atoms with E-state index in [4.69, 9.17) is 22.7 Å². The number of methoxy groups -OCH3 is 1. The first-order chi connectivity index (χ1) is 6.61. The predicted octanol–water partition coefficient (Wildman–Crippen LogP) is 0.594. The summed E-state index contributed by atoms with van der Waals surface area (Å²) in [4.78, 5) is 11.7. The molecule has 0 aliphatic rings. The number of rotatable bonds is 7. The molecule has 0 saturated heterocycles. The highest BCUT2D eigenvalue weighted by molar-refractivity contribution is 7.80. The Balaban J connectivity index is 3.74. The van der Waals surface area contributed by atoms with E-state index in [-0.39, 0.29) is 11.9 Å². The van der Waals surface area contributed by atoms with Crippen molar-refractivity contribution in [2.24, 2.45) is 5.73 Å². The molecule has 0 bridgehead atoms. The van der Waals surface area contributed by atoms with Crippen molar-refractivity contribution in [1.29, 1.82) is 0 Å². The van der Waals surface area contributed by atoms with Gasteiger partial charge in [0, 0.05) is 20.1 Å².